The molecule has 0 radical (unpaired) electrons. The van der Waals surface area contributed by atoms with Crippen molar-refractivity contribution in [1.29, 1.82) is 0 Å². The van der Waals surface area contributed by atoms with E-state index >= 15 is 0 Å². The summed E-state index contributed by atoms with van der Waals surface area (Å²) in [5.74, 6) is -5.78. The lowest BCUT2D eigenvalue weighted by Crippen LogP contribution is -2.56. The van der Waals surface area contributed by atoms with Gasteiger partial charge in [-0.2, -0.15) is 0 Å². The normalized spacial score (nSPS) is 22.4. The van der Waals surface area contributed by atoms with Crippen molar-refractivity contribution in [2.45, 2.75) is 354 Å². The fourth-order valence-electron chi connectivity index (χ4n) is 15.2. The first-order chi connectivity index (χ1) is 57.3. The third kappa shape index (κ3) is 29.4. The predicted octanol–water partition coefficient (Wildman–Crippen LogP) is 13.7. The fourth-order valence-corrected chi connectivity index (χ4v) is 20.3. The van der Waals surface area contributed by atoms with Crippen LogP contribution in [-0.2, 0) is 81.4 Å². The van der Waals surface area contributed by atoms with E-state index in [2.05, 4.69) is 122 Å². The third-order valence-electron chi connectivity index (χ3n) is 24.3. The monoisotopic (exact) mass is 1800 g/mol. The minimum Gasteiger partial charge on any atom is -0.480 e. The van der Waals surface area contributed by atoms with Gasteiger partial charge in [-0.25, -0.2) is 55.0 Å². The number of amides is 8. The van der Waals surface area contributed by atoms with E-state index in [0.717, 1.165) is 89.9 Å². The number of esters is 1. The summed E-state index contributed by atoms with van der Waals surface area (Å²) < 4.78 is 99.9. The molecule has 2 aromatic carbocycles. The van der Waals surface area contributed by atoms with Crippen molar-refractivity contribution in [3.63, 3.8) is 0 Å². The number of rotatable bonds is 40. The number of ether oxygens (including phenoxy) is 5. The largest absolute Gasteiger partial charge is 0.480 e. The summed E-state index contributed by atoms with van der Waals surface area (Å²) in [6, 6.07) is 8.61. The van der Waals surface area contributed by atoms with Crippen LogP contribution in [-0.4, -0.2) is 212 Å². The highest BCUT2D eigenvalue weighted by atomic mass is 32.2. The van der Waals surface area contributed by atoms with Crippen molar-refractivity contribution in [1.82, 2.24) is 40.5 Å². The van der Waals surface area contributed by atoms with Gasteiger partial charge in [0.25, 0.3) is 31.9 Å². The van der Waals surface area contributed by atoms with Gasteiger partial charge in [0, 0.05) is 50.9 Å². The summed E-state index contributed by atoms with van der Waals surface area (Å²) in [6.07, 6.45) is 15.2. The molecule has 36 heteroatoms. The number of carbonyl (C=O) groups is 10. The maximum atomic E-state index is 14.1. The number of hydrogen-bond donors (Lipinski definition) is 9. The van der Waals surface area contributed by atoms with Crippen LogP contribution >= 0.6 is 0 Å². The van der Waals surface area contributed by atoms with E-state index in [9.17, 15) is 69.9 Å². The van der Waals surface area contributed by atoms with E-state index < -0.39 is 167 Å². The van der Waals surface area contributed by atoms with E-state index in [1.807, 2.05) is 0 Å². The number of unbranched alkanes of at least 4 members (excludes halogenated alkanes) is 8. The van der Waals surface area contributed by atoms with Crippen LogP contribution in [0.2, 0.25) is 36.3 Å². The van der Waals surface area contributed by atoms with E-state index in [0.29, 0.717) is 56.6 Å². The summed E-state index contributed by atoms with van der Waals surface area (Å²) >= 11 is 0. The lowest BCUT2D eigenvalue weighted by atomic mass is 10.1. The van der Waals surface area contributed by atoms with Crippen LogP contribution < -0.4 is 41.3 Å². The Morgan fingerprint density at radius 2 is 0.854 bits per heavy atom. The number of anilines is 2. The van der Waals surface area contributed by atoms with Crippen molar-refractivity contribution >= 4 is 108 Å². The van der Waals surface area contributed by atoms with Gasteiger partial charge in [0.1, 0.15) is 68.4 Å². The van der Waals surface area contributed by atoms with Gasteiger partial charge in [-0.1, -0.05) is 129 Å². The number of carboxylic acid groups (broad SMARTS) is 1. The second kappa shape index (κ2) is 43.2. The lowest BCUT2D eigenvalue weighted by Gasteiger charge is -2.38. The summed E-state index contributed by atoms with van der Waals surface area (Å²) in [4.78, 5) is 134. The smallest absolute Gasteiger partial charge is 0.411 e. The highest BCUT2D eigenvalue weighted by Crippen LogP contribution is 2.48. The highest BCUT2D eigenvalue weighted by Gasteiger charge is 2.63. The van der Waals surface area contributed by atoms with Gasteiger partial charge >= 0.3 is 36.3 Å². The van der Waals surface area contributed by atoms with E-state index in [4.69, 9.17) is 32.5 Å². The van der Waals surface area contributed by atoms with Crippen LogP contribution in [0.4, 0.5) is 30.6 Å². The number of alkyl carbamates (subject to hydrolysis) is 2. The Morgan fingerprint density at radius 3 is 1.19 bits per heavy atom. The Hall–Kier alpha value is -8.33. The maximum Gasteiger partial charge on any atom is 0.411 e. The Kier molecular flexibility index (Phi) is 35.8. The molecule has 4 aliphatic carbocycles. The molecular formula is C87H140N10O22S2Si2. The summed E-state index contributed by atoms with van der Waals surface area (Å²) in [7, 11) is -12.2. The average molecular weight is 1800 g/mol. The standard InChI is InChI=1S/C44H71N5O11SSi.C43H69N5O11SSi/c1-11-30-28-44(30,47-37(50)35-27-32(60-62(9,10)43(5,6)7)29-49(35)41(54)59-42(2,3)4)39(52)48-61(55,56)36-25-19-18-23-33(36)45-26-20-14-12-13-15-24-34(38(51)57-8)46-40(53)58-31-21-16-17-22-31;1-10-29-27-43(29,46-36(49)34-26-31(59-61(8,9)42(5,6)7)28-48(34)40(54)58-41(2,3)4)38(52)47-60(55,56)35-24-18-17-22-32(35)44-25-19-13-11-12-14-23-33(37(50)51)45-39(53)57-30-20-15-16-21-30/h11,18-19,23,25,30-32,34-35,45H,1,12-17,20-22,24,26-29H2,2-10H3,(H,46,53)(H,47,50)(H,48,52);10,17-18,22,24,29-31,33-34,44H,1,11-16,19-21,23,25-28H2,2-9H3,(H,45,53)(H,46,49)(H,47,52)(H,50,51)/t30-,32-,34+,35+,44-;29-,31-,33+,34+,43-/m11/s1. The second-order valence-electron chi connectivity index (χ2n) is 38.5. The first-order valence-corrected chi connectivity index (χ1v) is 52.4. The van der Waals surface area contributed by atoms with Crippen LogP contribution in [0.25, 0.3) is 0 Å². The van der Waals surface area contributed by atoms with Crippen molar-refractivity contribution in [3.05, 3.63) is 73.8 Å². The zero-order valence-corrected chi connectivity index (χ0v) is 79.1. The van der Waals surface area contributed by atoms with Crippen LogP contribution in [0, 0.1) is 11.8 Å². The molecule has 2 saturated heterocycles. The minimum atomic E-state index is -4.43. The molecule has 8 amide bonds. The molecule has 8 rings (SSSR count). The van der Waals surface area contributed by atoms with Crippen molar-refractivity contribution in [3.8, 4) is 0 Å². The number of aliphatic carboxylic acids is 1. The zero-order chi connectivity index (χ0) is 91.5. The van der Waals surface area contributed by atoms with Crippen LogP contribution in [0.1, 0.15) is 237 Å². The van der Waals surface area contributed by atoms with Crippen molar-refractivity contribution in [2.24, 2.45) is 11.8 Å². The third-order valence-corrected chi connectivity index (χ3v) is 36.2. The van der Waals surface area contributed by atoms with Gasteiger partial charge in [0.15, 0.2) is 16.6 Å². The topological polar surface area (TPSA) is 427 Å². The number of likely N-dealkylation sites (tertiary alicyclic amines) is 2. The molecule has 32 nitrogen and oxygen atoms in total. The molecule has 6 fully saturated rings. The van der Waals surface area contributed by atoms with Gasteiger partial charge in [0.05, 0.1) is 30.7 Å². The number of nitrogens with one attached hydrogen (secondary N) is 8. The molecule has 0 spiro atoms. The van der Waals surface area contributed by atoms with Gasteiger partial charge in [0.2, 0.25) is 11.8 Å². The molecule has 0 bridgehead atoms. The summed E-state index contributed by atoms with van der Waals surface area (Å²) in [5.41, 5.74) is -4.26. The molecule has 9 N–H and O–H groups in total. The van der Waals surface area contributed by atoms with Crippen LogP contribution in [0.3, 0.4) is 0 Å². The van der Waals surface area contributed by atoms with Crippen LogP contribution in [0.5, 0.6) is 0 Å². The molecular weight excluding hydrogens is 1660 g/mol. The molecule has 10 atom stereocenters. The Bertz CT molecular complexity index is 4270. The highest BCUT2D eigenvalue weighted by molar-refractivity contribution is 7.90. The molecule has 123 heavy (non-hydrogen) atoms. The second-order valence-corrected chi connectivity index (χ2v) is 51.3. The van der Waals surface area contributed by atoms with Gasteiger partial charge in [-0.3, -0.25) is 29.0 Å². The van der Waals surface area contributed by atoms with Gasteiger partial charge < -0.3 is 69.5 Å². The molecule has 2 aromatic rings. The number of para-hydroxylation sites is 2. The van der Waals surface area contributed by atoms with Gasteiger partial charge in [-0.15, -0.1) is 13.2 Å². The Labute approximate surface area is 730 Å². The van der Waals surface area contributed by atoms with Crippen molar-refractivity contribution in [2.75, 3.05) is 43.9 Å². The molecule has 690 valence electrons. The van der Waals surface area contributed by atoms with Crippen molar-refractivity contribution < 1.29 is 102 Å². The number of sulfonamides is 2. The molecule has 4 saturated carbocycles. The zero-order valence-electron chi connectivity index (χ0n) is 75.5. The Morgan fingerprint density at radius 1 is 0.512 bits per heavy atom. The number of carbonyl (C=O) groups excluding carboxylic acids is 9. The number of carboxylic acids is 1. The average Bonchev–Trinajstić information content (AvgIpc) is 1.58. The quantitative estimate of drug-likeness (QED) is 0.00983. The van der Waals surface area contributed by atoms with E-state index in [-0.39, 0.29) is 77.3 Å². The molecule has 0 aromatic heterocycles. The summed E-state index contributed by atoms with van der Waals surface area (Å²) in [6.45, 7) is 40.1. The van der Waals surface area contributed by atoms with E-state index in [1.54, 1.807) is 77.9 Å². The van der Waals surface area contributed by atoms with Crippen LogP contribution in [0.15, 0.2) is 83.6 Å². The molecule has 2 heterocycles. The Balaban J connectivity index is 0.000000338. The summed E-state index contributed by atoms with van der Waals surface area (Å²) in [5, 5.41) is 26.4. The molecule has 2 aliphatic heterocycles. The number of benzene rings is 2. The minimum absolute atomic E-state index is 0.113. The first kappa shape index (κ1) is 102. The first-order valence-electron chi connectivity index (χ1n) is 43.6. The van der Waals surface area contributed by atoms with Gasteiger partial charge in [-0.05, 0) is 192 Å². The molecule has 0 unspecified atom stereocenters. The lowest BCUT2D eigenvalue weighted by molar-refractivity contribution is -0.143. The number of hydrogen-bond acceptors (Lipinski definition) is 23. The number of methoxy groups -OCH3 is 1. The SMILES string of the molecule is C=C[C@@H]1C[C@]1(NC(=O)[C@@H]1C[C@@H](O[Si](C)(C)C(C)(C)C)CN1C(=O)OC(C)(C)C)C(=O)NS(=O)(=O)c1ccccc1NCCCCCCC[C@H](NC(=O)OC1CCCC1)C(=O)O.C=C[C@@H]1C[C@]1(NC(=O)[C@@H]1C[C@@H](O[Si](C)(C)C(C)(C)C)CN1C(=O)OC(C)(C)C)C(=O)NS(=O)(=O)c1ccccc1NCCCCCCC[C@H](NC(=O)OC1CCCC1)C(=O)OC. The van der Waals surface area contributed by atoms with E-state index in [1.165, 1.54) is 41.2 Å². The fraction of sp³-hybridized carbons (Fsp3) is 0.701. The number of nitrogens with zero attached hydrogens (tertiary/aromatic N) is 2. The molecule has 6 aliphatic rings. The predicted molar refractivity (Wildman–Crippen MR) is 472 cm³/mol. The maximum absolute atomic E-state index is 14.1.